The van der Waals surface area contributed by atoms with Gasteiger partial charge in [0.1, 0.15) is 35.2 Å². The van der Waals surface area contributed by atoms with Crippen LogP contribution in [0, 0.1) is 0 Å². The first kappa shape index (κ1) is 37.4. The number of nitrogens with one attached hydrogen (secondary N) is 4. The van der Waals surface area contributed by atoms with Crippen LogP contribution in [0.2, 0.25) is 0 Å². The Labute approximate surface area is 332 Å². The number of phenolic OH excluding ortho intramolecular Hbond substituents is 2. The molecule has 300 valence electrons. The first-order valence-electron chi connectivity index (χ1n) is 19.5. The summed E-state index contributed by atoms with van der Waals surface area (Å²) in [5, 5.41) is 57.7. The largest absolute Gasteiger partial charge is 0.507 e. The number of alkyl halides is 2. The van der Waals surface area contributed by atoms with Crippen LogP contribution in [0.5, 0.6) is 11.5 Å². The van der Waals surface area contributed by atoms with E-state index < -0.39 is 12.3 Å². The molecule has 0 spiro atoms. The minimum Gasteiger partial charge on any atom is -0.507 e. The van der Waals surface area contributed by atoms with Gasteiger partial charge in [-0.1, -0.05) is 12.1 Å². The first-order valence-corrected chi connectivity index (χ1v) is 19.5. The van der Waals surface area contributed by atoms with Crippen LogP contribution < -0.4 is 20.4 Å². The smallest absolute Gasteiger partial charge is 0.245 e. The van der Waals surface area contributed by atoms with Crippen molar-refractivity contribution >= 4 is 11.9 Å². The molecule has 0 saturated carbocycles. The molecule has 4 aliphatic heterocycles. The molecule has 4 fully saturated rings. The highest BCUT2D eigenvalue weighted by atomic mass is 19.1. The standard InChI is InChI=1S/2C20H22FN7O/c2*1-28(17-7-13-3-5-15(25-13)19(17)21)20-22-10-16(26-27-20)14-4-2-11(6-18(14)29)12-8-23-24-9-12/h2*2,4,6,8-10,13,15,17,19,25,29H,3,5,7H2,1H3,(H,23,24)/t2*13-,15+,17-,19+/m10/s1. The molecule has 4 aromatic heterocycles. The van der Waals surface area contributed by atoms with Crippen molar-refractivity contribution in [3.63, 3.8) is 0 Å². The average Bonchev–Trinajstić information content (AvgIpc) is 4.10. The molecular formula is C40H44F2N14O2. The van der Waals surface area contributed by atoms with Crippen molar-refractivity contribution in [2.75, 3.05) is 23.9 Å². The molecule has 2 aromatic carbocycles. The minimum absolute atomic E-state index is 0.0830. The number of halogens is 2. The van der Waals surface area contributed by atoms with Crippen molar-refractivity contribution in [2.24, 2.45) is 0 Å². The number of hydrogen-bond donors (Lipinski definition) is 6. The second kappa shape index (κ2) is 15.7. The van der Waals surface area contributed by atoms with Crippen LogP contribution in [0.15, 0.2) is 73.6 Å². The highest BCUT2D eigenvalue weighted by molar-refractivity contribution is 5.74. The molecule has 16 nitrogen and oxygen atoms in total. The molecule has 0 radical (unpaired) electrons. The summed E-state index contributed by atoms with van der Waals surface area (Å²) in [6, 6.07) is 10.6. The Hall–Kier alpha value is -6.14. The quantitative estimate of drug-likeness (QED) is 0.125. The minimum atomic E-state index is -0.957. The summed E-state index contributed by atoms with van der Waals surface area (Å²) in [7, 11) is 3.63. The third-order valence-electron chi connectivity index (χ3n) is 12.0. The summed E-state index contributed by atoms with van der Waals surface area (Å²) >= 11 is 0. The van der Waals surface area contributed by atoms with Crippen molar-refractivity contribution in [3.05, 3.63) is 73.6 Å². The lowest BCUT2D eigenvalue weighted by Crippen LogP contribution is -2.55. The van der Waals surface area contributed by atoms with Gasteiger partial charge in [0.2, 0.25) is 11.9 Å². The van der Waals surface area contributed by atoms with Gasteiger partial charge < -0.3 is 30.6 Å². The molecule has 4 aliphatic rings. The van der Waals surface area contributed by atoms with Crippen LogP contribution in [-0.4, -0.2) is 124 Å². The lowest BCUT2D eigenvalue weighted by atomic mass is 9.97. The van der Waals surface area contributed by atoms with Gasteiger partial charge in [-0.05, 0) is 73.9 Å². The fourth-order valence-corrected chi connectivity index (χ4v) is 8.78. The maximum atomic E-state index is 14.8. The molecule has 0 amide bonds. The van der Waals surface area contributed by atoms with Crippen LogP contribution in [-0.2, 0) is 0 Å². The molecular weight excluding hydrogens is 747 g/mol. The predicted molar refractivity (Wildman–Crippen MR) is 212 cm³/mol. The number of aromatic hydroxyl groups is 2. The van der Waals surface area contributed by atoms with Crippen LogP contribution in [0.1, 0.15) is 38.5 Å². The normalized spacial score (nSPS) is 25.9. The van der Waals surface area contributed by atoms with E-state index in [4.69, 9.17) is 0 Å². The van der Waals surface area contributed by atoms with Gasteiger partial charge in [0.15, 0.2) is 0 Å². The average molecular weight is 791 g/mol. The fourth-order valence-electron chi connectivity index (χ4n) is 8.78. The van der Waals surface area contributed by atoms with Crippen LogP contribution >= 0.6 is 0 Å². The number of rotatable bonds is 8. The van der Waals surface area contributed by atoms with E-state index >= 15 is 0 Å². The number of fused-ring (bicyclic) bond motifs is 4. The first-order chi connectivity index (χ1) is 28.2. The summed E-state index contributed by atoms with van der Waals surface area (Å²) in [6.45, 7) is 0. The Morgan fingerprint density at radius 3 is 1.40 bits per heavy atom. The predicted octanol–water partition coefficient (Wildman–Crippen LogP) is 4.60. The molecule has 4 saturated heterocycles. The Balaban J connectivity index is 0.000000150. The lowest BCUT2D eigenvalue weighted by Gasteiger charge is -2.38. The number of aromatic amines is 2. The zero-order valence-electron chi connectivity index (χ0n) is 31.9. The van der Waals surface area contributed by atoms with E-state index in [1.165, 1.54) is 0 Å². The van der Waals surface area contributed by atoms with Crippen molar-refractivity contribution in [1.29, 1.82) is 0 Å². The Morgan fingerprint density at radius 1 is 0.586 bits per heavy atom. The van der Waals surface area contributed by atoms with Gasteiger partial charge in [-0.3, -0.25) is 10.2 Å². The third kappa shape index (κ3) is 7.28. The fraction of sp³-hybridized carbons (Fsp3) is 0.400. The zero-order chi connectivity index (χ0) is 39.9. The van der Waals surface area contributed by atoms with Gasteiger partial charge in [0, 0.05) is 72.9 Å². The number of H-pyrrole nitrogens is 2. The van der Waals surface area contributed by atoms with Gasteiger partial charge in [-0.2, -0.15) is 10.2 Å². The number of hydrogen-bond acceptors (Lipinski definition) is 14. The molecule has 18 heteroatoms. The van der Waals surface area contributed by atoms with Crippen molar-refractivity contribution in [2.45, 2.75) is 87.1 Å². The van der Waals surface area contributed by atoms with Crippen molar-refractivity contribution < 1.29 is 19.0 Å². The number of anilines is 2. The molecule has 0 unspecified atom stereocenters. The van der Waals surface area contributed by atoms with Gasteiger partial charge in [0.05, 0.1) is 36.9 Å². The van der Waals surface area contributed by atoms with Gasteiger partial charge in [0.25, 0.3) is 0 Å². The molecule has 0 aliphatic carbocycles. The van der Waals surface area contributed by atoms with Gasteiger partial charge in [-0.15, -0.1) is 20.4 Å². The number of phenols is 2. The van der Waals surface area contributed by atoms with E-state index in [0.717, 1.165) is 60.8 Å². The SMILES string of the molecule is CN(c1ncc(-c2ccc(-c3cn[nH]c3)cc2O)nn1)[C@@H]1C[C@H]2CC[C@H](N2)[C@@H]1F.CN(c1ncc(-c2ccc(-c3cn[nH]c3)cc2O)nn1)[C@H]1C[C@@H]2CC[C@@H](N2)[C@H]1F. The third-order valence-corrected chi connectivity index (χ3v) is 12.0. The molecule has 10 rings (SSSR count). The number of nitrogens with zero attached hydrogens (tertiary/aromatic N) is 10. The summed E-state index contributed by atoms with van der Waals surface area (Å²) in [5.41, 5.74) is 5.43. The Morgan fingerprint density at radius 2 is 1.03 bits per heavy atom. The topological polar surface area (TPSA) is 206 Å². The molecule has 4 bridgehead atoms. The van der Waals surface area contributed by atoms with E-state index in [0.29, 0.717) is 46.5 Å². The van der Waals surface area contributed by atoms with Crippen molar-refractivity contribution in [1.82, 2.24) is 61.4 Å². The number of piperidine rings is 2. The monoisotopic (exact) mass is 790 g/mol. The second-order valence-corrected chi connectivity index (χ2v) is 15.5. The molecule has 8 atom stereocenters. The number of benzene rings is 2. The summed E-state index contributed by atoms with van der Waals surface area (Å²) in [4.78, 5) is 12.3. The Bertz CT molecular complexity index is 2150. The summed E-state index contributed by atoms with van der Waals surface area (Å²) in [6.07, 6.45) is 13.3. The highest BCUT2D eigenvalue weighted by Gasteiger charge is 2.45. The lowest BCUT2D eigenvalue weighted by molar-refractivity contribution is 0.175. The molecule has 8 heterocycles. The summed E-state index contributed by atoms with van der Waals surface area (Å²) < 4.78 is 29.6. The maximum absolute atomic E-state index is 14.8. The van der Waals surface area contributed by atoms with Crippen molar-refractivity contribution in [3.8, 4) is 56.3 Å². The van der Waals surface area contributed by atoms with E-state index in [1.807, 2.05) is 26.2 Å². The van der Waals surface area contributed by atoms with Gasteiger partial charge in [-0.25, -0.2) is 18.7 Å². The Kier molecular flexibility index (Phi) is 10.1. The van der Waals surface area contributed by atoms with E-state index in [1.54, 1.807) is 71.2 Å². The highest BCUT2D eigenvalue weighted by Crippen LogP contribution is 2.36. The second-order valence-electron chi connectivity index (χ2n) is 15.5. The number of aromatic nitrogens is 10. The molecule has 58 heavy (non-hydrogen) atoms. The van der Waals surface area contributed by atoms with E-state index in [-0.39, 0.29) is 35.7 Å². The van der Waals surface area contributed by atoms with Gasteiger partial charge >= 0.3 is 0 Å². The van der Waals surface area contributed by atoms with E-state index in [9.17, 15) is 19.0 Å². The molecule has 6 N–H and O–H groups in total. The molecule has 6 aromatic rings. The van der Waals surface area contributed by atoms with Crippen LogP contribution in [0.25, 0.3) is 44.8 Å². The van der Waals surface area contributed by atoms with Crippen LogP contribution in [0.3, 0.4) is 0 Å². The summed E-state index contributed by atoms with van der Waals surface area (Å²) in [5.74, 6) is 0.939. The van der Waals surface area contributed by atoms with E-state index in [2.05, 4.69) is 61.4 Å². The zero-order valence-corrected chi connectivity index (χ0v) is 31.9. The maximum Gasteiger partial charge on any atom is 0.245 e. The van der Waals surface area contributed by atoms with Crippen LogP contribution in [0.4, 0.5) is 20.7 Å².